The Balaban J connectivity index is 2.17. The van der Waals surface area contributed by atoms with Gasteiger partial charge in [0.25, 0.3) is 5.56 Å². The topological polar surface area (TPSA) is 105 Å². The minimum atomic E-state index is -1.35. The van der Waals surface area contributed by atoms with Crippen LogP contribution in [0.2, 0.25) is 0 Å². The molecule has 156 valence electrons. The molecule has 0 atom stereocenters. The lowest BCUT2D eigenvalue weighted by atomic mass is 10.0. The number of carboxylic acids is 1. The number of ether oxygens (including phenoxy) is 1. The van der Waals surface area contributed by atoms with E-state index in [4.69, 9.17) is 4.74 Å². The van der Waals surface area contributed by atoms with E-state index in [0.717, 1.165) is 10.2 Å². The first-order valence-corrected chi connectivity index (χ1v) is 9.59. The Labute approximate surface area is 179 Å². The van der Waals surface area contributed by atoms with Gasteiger partial charge in [0.05, 0.1) is 7.11 Å². The minimum Gasteiger partial charge on any atom is -0.494 e. The van der Waals surface area contributed by atoms with Crippen molar-refractivity contribution < 1.29 is 14.6 Å². The molecule has 0 unspecified atom stereocenters. The van der Waals surface area contributed by atoms with Crippen molar-refractivity contribution in [3.05, 3.63) is 86.8 Å². The van der Waals surface area contributed by atoms with Gasteiger partial charge < -0.3 is 9.84 Å². The van der Waals surface area contributed by atoms with Crippen molar-refractivity contribution in [2.24, 2.45) is 0 Å². The maximum Gasteiger partial charge on any atom is 0.357 e. The largest absolute Gasteiger partial charge is 0.494 e. The molecule has 0 aliphatic carbocycles. The lowest BCUT2D eigenvalue weighted by molar-refractivity contribution is 0.0688. The molecular formula is C24H21N3O4. The fourth-order valence-corrected chi connectivity index (χ4v) is 3.11. The number of nitrogens with zero attached hydrogens (tertiary/aromatic N) is 3. The number of aromatic carboxylic acids is 1. The average molecular weight is 415 g/mol. The molecule has 1 N–H and O–H groups in total. The normalized spacial score (nSPS) is 10.9. The van der Waals surface area contributed by atoms with Gasteiger partial charge in [-0.2, -0.15) is 15.0 Å². The monoisotopic (exact) mass is 415 g/mol. The van der Waals surface area contributed by atoms with Crippen LogP contribution in [-0.4, -0.2) is 28.0 Å². The van der Waals surface area contributed by atoms with E-state index in [0.29, 0.717) is 11.7 Å². The van der Waals surface area contributed by atoms with Crippen LogP contribution in [0, 0.1) is 11.3 Å². The van der Waals surface area contributed by atoms with Crippen LogP contribution < -0.4 is 10.3 Å². The van der Waals surface area contributed by atoms with Gasteiger partial charge in [-0.3, -0.25) is 4.79 Å². The van der Waals surface area contributed by atoms with Crippen LogP contribution in [-0.2, 0) is 0 Å². The molecular weight excluding hydrogens is 394 g/mol. The Kier molecular flexibility index (Phi) is 6.32. The summed E-state index contributed by atoms with van der Waals surface area (Å²) in [5.74, 6) is -0.644. The number of methoxy groups -OCH3 is 1. The van der Waals surface area contributed by atoms with Gasteiger partial charge in [-0.15, -0.1) is 0 Å². The van der Waals surface area contributed by atoms with E-state index in [2.05, 4.69) is 18.9 Å². The Hall–Kier alpha value is -4.18. The number of benzene rings is 2. The van der Waals surface area contributed by atoms with Crippen molar-refractivity contribution in [2.45, 2.75) is 19.8 Å². The van der Waals surface area contributed by atoms with Gasteiger partial charge in [0, 0.05) is 5.56 Å². The Morgan fingerprint density at radius 3 is 2.42 bits per heavy atom. The van der Waals surface area contributed by atoms with Crippen LogP contribution in [0.4, 0.5) is 0 Å². The van der Waals surface area contributed by atoms with E-state index in [-0.39, 0.29) is 16.8 Å². The van der Waals surface area contributed by atoms with Gasteiger partial charge in [-0.1, -0.05) is 62.4 Å². The smallest absolute Gasteiger partial charge is 0.357 e. The maximum absolute atomic E-state index is 13.0. The van der Waals surface area contributed by atoms with Gasteiger partial charge in [0.1, 0.15) is 23.1 Å². The number of carboxylic acid groups (broad SMARTS) is 1. The predicted octanol–water partition coefficient (Wildman–Crippen LogP) is 4.10. The number of aromatic nitrogens is 2. The van der Waals surface area contributed by atoms with Crippen molar-refractivity contribution >= 4 is 18.1 Å². The van der Waals surface area contributed by atoms with Crippen molar-refractivity contribution in [2.75, 3.05) is 7.11 Å². The molecule has 0 saturated carbocycles. The molecule has 7 nitrogen and oxygen atoms in total. The standard InChI is InChI=1S/C24H21N3O4/c1-15(2)17-11-8-16(9-12-17)10-13-18-19(14-25)23(28)27(26-22(18)24(29)30)20-6-4-5-7-21(20)31-3/h4-13,15H,1-3H3,(H,29,30)/b13-10-. The molecule has 0 spiro atoms. The molecule has 3 rings (SSSR count). The second-order valence-electron chi connectivity index (χ2n) is 7.10. The number of carbonyl (C=O) groups is 1. The summed E-state index contributed by atoms with van der Waals surface area (Å²) >= 11 is 0. The highest BCUT2D eigenvalue weighted by Crippen LogP contribution is 2.22. The molecule has 0 saturated heterocycles. The van der Waals surface area contributed by atoms with Gasteiger partial charge >= 0.3 is 5.97 Å². The molecule has 0 fully saturated rings. The van der Waals surface area contributed by atoms with E-state index in [1.54, 1.807) is 30.3 Å². The summed E-state index contributed by atoms with van der Waals surface area (Å²) in [6, 6.07) is 16.1. The van der Waals surface area contributed by atoms with E-state index in [9.17, 15) is 20.0 Å². The second-order valence-corrected chi connectivity index (χ2v) is 7.10. The quantitative estimate of drug-likeness (QED) is 0.650. The fraction of sp³-hybridized carbons (Fsp3) is 0.167. The Morgan fingerprint density at radius 1 is 1.16 bits per heavy atom. The van der Waals surface area contributed by atoms with Gasteiger partial charge in [0.15, 0.2) is 5.69 Å². The highest BCUT2D eigenvalue weighted by Gasteiger charge is 2.22. The molecule has 0 amide bonds. The molecule has 0 aliphatic heterocycles. The summed E-state index contributed by atoms with van der Waals surface area (Å²) in [7, 11) is 1.43. The van der Waals surface area contributed by atoms with Crippen LogP contribution in [0.25, 0.3) is 17.8 Å². The number of rotatable bonds is 6. The molecule has 1 heterocycles. The highest BCUT2D eigenvalue weighted by molar-refractivity contribution is 5.92. The lowest BCUT2D eigenvalue weighted by Crippen LogP contribution is -2.28. The highest BCUT2D eigenvalue weighted by atomic mass is 16.5. The summed E-state index contributed by atoms with van der Waals surface area (Å²) < 4.78 is 6.13. The van der Waals surface area contributed by atoms with Crippen molar-refractivity contribution in [3.8, 4) is 17.5 Å². The first-order chi connectivity index (χ1) is 14.9. The number of para-hydroxylation sites is 2. The lowest BCUT2D eigenvalue weighted by Gasteiger charge is -2.12. The van der Waals surface area contributed by atoms with Gasteiger partial charge in [0.2, 0.25) is 0 Å². The van der Waals surface area contributed by atoms with Crippen LogP contribution in [0.1, 0.15) is 52.5 Å². The minimum absolute atomic E-state index is 0.0425. The number of nitriles is 1. The zero-order chi connectivity index (χ0) is 22.5. The summed E-state index contributed by atoms with van der Waals surface area (Å²) in [5.41, 5.74) is 0.728. The first-order valence-electron chi connectivity index (χ1n) is 9.59. The zero-order valence-corrected chi connectivity index (χ0v) is 17.4. The van der Waals surface area contributed by atoms with E-state index in [1.165, 1.54) is 18.7 Å². The number of hydrogen-bond acceptors (Lipinski definition) is 5. The summed E-state index contributed by atoms with van der Waals surface area (Å²) in [6.07, 6.45) is 3.09. The summed E-state index contributed by atoms with van der Waals surface area (Å²) in [6.45, 7) is 4.18. The predicted molar refractivity (Wildman–Crippen MR) is 118 cm³/mol. The number of hydrogen-bond donors (Lipinski definition) is 1. The molecule has 0 bridgehead atoms. The first kappa shape index (κ1) is 21.5. The fourth-order valence-electron chi connectivity index (χ4n) is 3.11. The van der Waals surface area contributed by atoms with Gasteiger partial charge in [-0.05, 0) is 29.2 Å². The van der Waals surface area contributed by atoms with Gasteiger partial charge in [-0.25, -0.2) is 4.79 Å². The Morgan fingerprint density at radius 2 is 1.84 bits per heavy atom. The molecule has 1 aromatic heterocycles. The Bertz CT molecular complexity index is 1250. The van der Waals surface area contributed by atoms with Crippen LogP contribution in [0.15, 0.2) is 53.3 Å². The van der Waals surface area contributed by atoms with Crippen LogP contribution >= 0.6 is 0 Å². The van der Waals surface area contributed by atoms with E-state index < -0.39 is 17.2 Å². The van der Waals surface area contributed by atoms with Crippen molar-refractivity contribution in [1.82, 2.24) is 9.78 Å². The van der Waals surface area contributed by atoms with Crippen LogP contribution in [0.5, 0.6) is 5.75 Å². The van der Waals surface area contributed by atoms with Crippen LogP contribution in [0.3, 0.4) is 0 Å². The third-order valence-corrected chi connectivity index (χ3v) is 4.80. The third kappa shape index (κ3) is 4.38. The summed E-state index contributed by atoms with van der Waals surface area (Å²) in [4.78, 5) is 24.9. The molecule has 0 radical (unpaired) electrons. The van der Waals surface area contributed by atoms with Crippen molar-refractivity contribution in [3.63, 3.8) is 0 Å². The molecule has 0 aliphatic rings. The zero-order valence-electron chi connectivity index (χ0n) is 17.4. The molecule has 31 heavy (non-hydrogen) atoms. The second kappa shape index (κ2) is 9.09. The third-order valence-electron chi connectivity index (χ3n) is 4.80. The molecule has 3 aromatic rings. The SMILES string of the molecule is COc1ccccc1-n1nc(C(=O)O)c(/C=C\c2ccc(C(C)C)cc2)c(C#N)c1=O. The van der Waals surface area contributed by atoms with E-state index in [1.807, 2.05) is 30.3 Å². The molecule has 7 heteroatoms. The maximum atomic E-state index is 13.0. The summed E-state index contributed by atoms with van der Waals surface area (Å²) in [5, 5.41) is 23.4. The van der Waals surface area contributed by atoms with E-state index >= 15 is 0 Å². The average Bonchev–Trinajstić information content (AvgIpc) is 2.77. The molecule has 2 aromatic carbocycles. The van der Waals surface area contributed by atoms with Crippen molar-refractivity contribution in [1.29, 1.82) is 5.26 Å².